The minimum absolute atomic E-state index is 0.0554. The first-order valence-electron chi connectivity index (χ1n) is 4.95. The summed E-state index contributed by atoms with van der Waals surface area (Å²) in [7, 11) is 0. The SMILES string of the molecule is O=C(O)c1c(Cl)c(Cl)c(Cl)c2c1CCCC2. The second kappa shape index (κ2) is 4.44. The molecule has 1 aromatic carbocycles. The van der Waals surface area contributed by atoms with Gasteiger partial charge in [-0.3, -0.25) is 0 Å². The van der Waals surface area contributed by atoms with Gasteiger partial charge in [-0.05, 0) is 36.8 Å². The third-order valence-corrected chi connectivity index (χ3v) is 4.22. The molecule has 0 heterocycles. The lowest BCUT2D eigenvalue weighted by Gasteiger charge is -2.21. The largest absolute Gasteiger partial charge is 0.478 e. The number of carboxylic acid groups (broad SMARTS) is 1. The third-order valence-electron chi connectivity index (χ3n) is 2.85. The first-order chi connectivity index (χ1) is 7.54. The molecule has 1 aliphatic rings. The lowest BCUT2D eigenvalue weighted by atomic mass is 9.88. The first-order valence-corrected chi connectivity index (χ1v) is 6.09. The van der Waals surface area contributed by atoms with Crippen molar-refractivity contribution in [1.82, 2.24) is 0 Å². The van der Waals surface area contributed by atoms with Crippen molar-refractivity contribution in [3.8, 4) is 0 Å². The molecule has 86 valence electrons. The van der Waals surface area contributed by atoms with Gasteiger partial charge >= 0.3 is 5.97 Å². The van der Waals surface area contributed by atoms with E-state index in [1.807, 2.05) is 0 Å². The first kappa shape index (κ1) is 12.0. The number of carboxylic acids is 1. The summed E-state index contributed by atoms with van der Waals surface area (Å²) >= 11 is 18.0. The monoisotopic (exact) mass is 278 g/mol. The van der Waals surface area contributed by atoms with Crippen molar-refractivity contribution in [3.63, 3.8) is 0 Å². The second-order valence-corrected chi connectivity index (χ2v) is 4.92. The molecule has 0 atom stereocenters. The predicted octanol–water partition coefficient (Wildman–Crippen LogP) is 4.22. The van der Waals surface area contributed by atoms with E-state index in [4.69, 9.17) is 39.9 Å². The maximum atomic E-state index is 11.2. The second-order valence-electron chi connectivity index (χ2n) is 3.79. The van der Waals surface area contributed by atoms with E-state index in [0.717, 1.165) is 30.4 Å². The fourth-order valence-electron chi connectivity index (χ4n) is 2.12. The van der Waals surface area contributed by atoms with Crippen LogP contribution in [0.25, 0.3) is 0 Å². The Hall–Kier alpha value is -0.440. The van der Waals surface area contributed by atoms with Gasteiger partial charge in [-0.25, -0.2) is 4.79 Å². The molecule has 16 heavy (non-hydrogen) atoms. The average molecular weight is 280 g/mol. The molecule has 0 unspecified atom stereocenters. The van der Waals surface area contributed by atoms with Crippen LogP contribution in [-0.2, 0) is 12.8 Å². The van der Waals surface area contributed by atoms with E-state index in [9.17, 15) is 4.79 Å². The predicted molar refractivity (Wildman–Crippen MR) is 65.1 cm³/mol. The van der Waals surface area contributed by atoms with Crippen LogP contribution in [0.4, 0.5) is 0 Å². The Bertz CT molecular complexity index is 469. The highest BCUT2D eigenvalue weighted by Gasteiger charge is 2.26. The molecule has 0 amide bonds. The number of halogens is 3. The zero-order valence-electron chi connectivity index (χ0n) is 8.32. The molecule has 0 aromatic heterocycles. The molecule has 0 radical (unpaired) electrons. The summed E-state index contributed by atoms with van der Waals surface area (Å²) in [5, 5.41) is 9.77. The molecule has 5 heteroatoms. The third kappa shape index (κ3) is 1.79. The minimum atomic E-state index is -1.04. The number of aromatic carboxylic acids is 1. The van der Waals surface area contributed by atoms with E-state index < -0.39 is 5.97 Å². The quantitative estimate of drug-likeness (QED) is 0.781. The van der Waals surface area contributed by atoms with Crippen LogP contribution in [-0.4, -0.2) is 11.1 Å². The standard InChI is InChI=1S/C11H9Cl3O2/c12-8-6-4-2-1-3-5(6)7(11(15)16)9(13)10(8)14/h1-4H2,(H,15,16). The van der Waals surface area contributed by atoms with Crippen LogP contribution in [0.5, 0.6) is 0 Å². The summed E-state index contributed by atoms with van der Waals surface area (Å²) < 4.78 is 0. The molecule has 1 N–H and O–H groups in total. The zero-order chi connectivity index (χ0) is 11.9. The van der Waals surface area contributed by atoms with Crippen molar-refractivity contribution in [2.45, 2.75) is 25.7 Å². The summed E-state index contributed by atoms with van der Waals surface area (Å²) in [6.07, 6.45) is 3.43. The summed E-state index contributed by atoms with van der Waals surface area (Å²) in [5.41, 5.74) is 1.71. The van der Waals surface area contributed by atoms with Crippen LogP contribution < -0.4 is 0 Å². The average Bonchev–Trinajstić information content (AvgIpc) is 2.26. The van der Waals surface area contributed by atoms with Crippen LogP contribution in [0.1, 0.15) is 34.3 Å². The van der Waals surface area contributed by atoms with Gasteiger partial charge in [0.05, 0.1) is 20.6 Å². The Morgan fingerprint density at radius 3 is 2.06 bits per heavy atom. The molecule has 0 aliphatic heterocycles. The van der Waals surface area contributed by atoms with Crippen molar-refractivity contribution < 1.29 is 9.90 Å². The number of fused-ring (bicyclic) bond motifs is 1. The minimum Gasteiger partial charge on any atom is -0.478 e. The Morgan fingerprint density at radius 1 is 0.938 bits per heavy atom. The number of benzene rings is 1. The van der Waals surface area contributed by atoms with E-state index in [-0.39, 0.29) is 15.6 Å². The number of hydrogen-bond donors (Lipinski definition) is 1. The molecule has 0 saturated carbocycles. The van der Waals surface area contributed by atoms with Crippen LogP contribution in [0.15, 0.2) is 0 Å². The van der Waals surface area contributed by atoms with E-state index in [2.05, 4.69) is 0 Å². The maximum absolute atomic E-state index is 11.2. The number of rotatable bonds is 1. The highest BCUT2D eigenvalue weighted by molar-refractivity contribution is 6.49. The Balaban J connectivity index is 2.78. The molecular weight excluding hydrogens is 270 g/mol. The Labute approximate surface area is 108 Å². The van der Waals surface area contributed by atoms with Crippen LogP contribution in [0, 0.1) is 0 Å². The molecule has 1 aliphatic carbocycles. The molecule has 0 bridgehead atoms. The van der Waals surface area contributed by atoms with Gasteiger partial charge in [0.1, 0.15) is 0 Å². The molecule has 2 nitrogen and oxygen atoms in total. The van der Waals surface area contributed by atoms with Crippen molar-refractivity contribution in [2.24, 2.45) is 0 Å². The van der Waals surface area contributed by atoms with Gasteiger partial charge in [-0.1, -0.05) is 34.8 Å². The van der Waals surface area contributed by atoms with Gasteiger partial charge in [0.2, 0.25) is 0 Å². The lowest BCUT2D eigenvalue weighted by Crippen LogP contribution is -2.12. The molecule has 0 spiro atoms. The van der Waals surface area contributed by atoms with Gasteiger partial charge in [0.15, 0.2) is 0 Å². The molecule has 2 rings (SSSR count). The van der Waals surface area contributed by atoms with Gasteiger partial charge in [0, 0.05) is 0 Å². The number of hydrogen-bond acceptors (Lipinski definition) is 1. The van der Waals surface area contributed by atoms with Gasteiger partial charge in [-0.2, -0.15) is 0 Å². The smallest absolute Gasteiger partial charge is 0.337 e. The summed E-state index contributed by atoms with van der Waals surface area (Å²) in [5.74, 6) is -1.04. The fourth-order valence-corrected chi connectivity index (χ4v) is 2.97. The van der Waals surface area contributed by atoms with Crippen molar-refractivity contribution >= 4 is 40.8 Å². The summed E-state index contributed by atoms with van der Waals surface area (Å²) in [6, 6.07) is 0. The normalized spacial score (nSPS) is 14.7. The number of carbonyl (C=O) groups is 1. The van der Waals surface area contributed by atoms with Gasteiger partial charge in [0.25, 0.3) is 0 Å². The van der Waals surface area contributed by atoms with Crippen molar-refractivity contribution in [2.75, 3.05) is 0 Å². The maximum Gasteiger partial charge on any atom is 0.337 e. The highest BCUT2D eigenvalue weighted by atomic mass is 35.5. The van der Waals surface area contributed by atoms with Crippen molar-refractivity contribution in [3.05, 3.63) is 31.8 Å². The molecular formula is C11H9Cl3O2. The summed E-state index contributed by atoms with van der Waals surface area (Å²) in [6.45, 7) is 0. The van der Waals surface area contributed by atoms with Gasteiger partial charge in [-0.15, -0.1) is 0 Å². The Kier molecular flexibility index (Phi) is 3.34. The lowest BCUT2D eigenvalue weighted by molar-refractivity contribution is 0.0695. The molecule has 0 fully saturated rings. The Morgan fingerprint density at radius 2 is 1.50 bits per heavy atom. The molecule has 1 aromatic rings. The van der Waals surface area contributed by atoms with Crippen LogP contribution in [0.3, 0.4) is 0 Å². The van der Waals surface area contributed by atoms with Crippen LogP contribution >= 0.6 is 34.8 Å². The highest BCUT2D eigenvalue weighted by Crippen LogP contribution is 2.41. The van der Waals surface area contributed by atoms with Crippen LogP contribution in [0.2, 0.25) is 15.1 Å². The zero-order valence-corrected chi connectivity index (χ0v) is 10.6. The topological polar surface area (TPSA) is 37.3 Å². The fraction of sp³-hybridized carbons (Fsp3) is 0.364. The van der Waals surface area contributed by atoms with E-state index >= 15 is 0 Å². The van der Waals surface area contributed by atoms with E-state index in [1.54, 1.807) is 0 Å². The van der Waals surface area contributed by atoms with E-state index in [1.165, 1.54) is 0 Å². The van der Waals surface area contributed by atoms with Crippen molar-refractivity contribution in [1.29, 1.82) is 0 Å². The van der Waals surface area contributed by atoms with Gasteiger partial charge < -0.3 is 5.11 Å². The molecule has 0 saturated heterocycles. The summed E-state index contributed by atoms with van der Waals surface area (Å²) in [4.78, 5) is 11.2. The van der Waals surface area contributed by atoms with E-state index in [0.29, 0.717) is 11.4 Å².